The lowest BCUT2D eigenvalue weighted by Gasteiger charge is -2.30. The number of ether oxygens (including phenoxy) is 2. The topological polar surface area (TPSA) is 50.7 Å². The van der Waals surface area contributed by atoms with Crippen molar-refractivity contribution in [3.05, 3.63) is 24.9 Å². The number of rotatable bonds is 9. The summed E-state index contributed by atoms with van der Waals surface area (Å²) in [6.45, 7) is 11.2. The number of morpholine rings is 1. The Bertz CT molecular complexity index is 477. The van der Waals surface area contributed by atoms with Crippen LogP contribution in [-0.2, 0) is 4.74 Å². The molecule has 2 heterocycles. The van der Waals surface area contributed by atoms with Crippen molar-refractivity contribution in [1.82, 2.24) is 14.9 Å². The lowest BCUT2D eigenvalue weighted by Crippen LogP contribution is -2.42. The standard InChI is InChI=1S/C17H28N4O2/c1-4-6-7-15(14-21-10-12-22-13-11-21)23-17-18-9-8-16(19-17)20(3)5-2/h4,8-9,15H,1,5-7,10-14H2,2-3H3. The monoisotopic (exact) mass is 320 g/mol. The van der Waals surface area contributed by atoms with Crippen LogP contribution in [0.5, 0.6) is 6.01 Å². The van der Waals surface area contributed by atoms with Crippen LogP contribution in [0, 0.1) is 0 Å². The summed E-state index contributed by atoms with van der Waals surface area (Å²) in [4.78, 5) is 13.2. The van der Waals surface area contributed by atoms with Gasteiger partial charge >= 0.3 is 6.01 Å². The van der Waals surface area contributed by atoms with Crippen molar-refractivity contribution >= 4 is 5.82 Å². The van der Waals surface area contributed by atoms with Gasteiger partial charge in [0, 0.05) is 39.4 Å². The van der Waals surface area contributed by atoms with Crippen LogP contribution < -0.4 is 9.64 Å². The Morgan fingerprint density at radius 2 is 2.26 bits per heavy atom. The SMILES string of the molecule is C=CCCC(CN1CCOCC1)Oc1nccc(N(C)CC)n1. The normalized spacial score (nSPS) is 16.8. The molecule has 0 saturated carbocycles. The molecule has 0 aliphatic carbocycles. The maximum atomic E-state index is 6.08. The minimum Gasteiger partial charge on any atom is -0.459 e. The molecule has 0 N–H and O–H groups in total. The summed E-state index contributed by atoms with van der Waals surface area (Å²) in [6.07, 6.45) is 5.58. The van der Waals surface area contributed by atoms with E-state index in [4.69, 9.17) is 9.47 Å². The summed E-state index contributed by atoms with van der Waals surface area (Å²) in [5.74, 6) is 0.881. The van der Waals surface area contributed by atoms with Crippen LogP contribution in [0.2, 0.25) is 0 Å². The minimum atomic E-state index is 0.0632. The Labute approximate surface area is 139 Å². The molecule has 1 aliphatic heterocycles. The Morgan fingerprint density at radius 1 is 1.48 bits per heavy atom. The summed E-state index contributed by atoms with van der Waals surface area (Å²) in [6, 6.07) is 2.35. The van der Waals surface area contributed by atoms with Gasteiger partial charge in [0.25, 0.3) is 0 Å². The van der Waals surface area contributed by atoms with Crippen molar-refractivity contribution in [3.8, 4) is 6.01 Å². The van der Waals surface area contributed by atoms with E-state index < -0.39 is 0 Å². The summed E-state index contributed by atoms with van der Waals surface area (Å²) >= 11 is 0. The summed E-state index contributed by atoms with van der Waals surface area (Å²) < 4.78 is 11.5. The van der Waals surface area contributed by atoms with Crippen molar-refractivity contribution in [1.29, 1.82) is 0 Å². The molecular formula is C17H28N4O2. The molecule has 1 fully saturated rings. The number of nitrogens with zero attached hydrogens (tertiary/aromatic N) is 4. The summed E-state index contributed by atoms with van der Waals surface area (Å²) in [5.41, 5.74) is 0. The van der Waals surface area contributed by atoms with Gasteiger partial charge in [0.1, 0.15) is 11.9 Å². The molecule has 6 nitrogen and oxygen atoms in total. The molecule has 1 atom stereocenters. The third-order valence-electron chi connectivity index (χ3n) is 4.01. The second kappa shape index (κ2) is 9.47. The molecule has 0 spiro atoms. The van der Waals surface area contributed by atoms with Crippen LogP contribution in [0.15, 0.2) is 24.9 Å². The van der Waals surface area contributed by atoms with Gasteiger partial charge in [-0.3, -0.25) is 4.90 Å². The van der Waals surface area contributed by atoms with Crippen molar-refractivity contribution < 1.29 is 9.47 Å². The maximum Gasteiger partial charge on any atom is 0.318 e. The van der Waals surface area contributed by atoms with E-state index in [1.807, 2.05) is 19.2 Å². The molecule has 2 rings (SSSR count). The van der Waals surface area contributed by atoms with Crippen LogP contribution in [0.4, 0.5) is 5.82 Å². The van der Waals surface area contributed by atoms with Gasteiger partial charge in [0.15, 0.2) is 0 Å². The third kappa shape index (κ3) is 5.80. The second-order valence-electron chi connectivity index (χ2n) is 5.73. The zero-order valence-electron chi connectivity index (χ0n) is 14.3. The first-order valence-electron chi connectivity index (χ1n) is 8.34. The van der Waals surface area contributed by atoms with Crippen molar-refractivity contribution in [2.24, 2.45) is 0 Å². The fourth-order valence-corrected chi connectivity index (χ4v) is 2.48. The van der Waals surface area contributed by atoms with Crippen LogP contribution in [0.25, 0.3) is 0 Å². The predicted octanol–water partition coefficient (Wildman–Crippen LogP) is 1.98. The first kappa shape index (κ1) is 17.7. The number of aromatic nitrogens is 2. The van der Waals surface area contributed by atoms with Crippen LogP contribution in [0.3, 0.4) is 0 Å². The average molecular weight is 320 g/mol. The van der Waals surface area contributed by atoms with E-state index in [1.165, 1.54) is 0 Å². The first-order valence-corrected chi connectivity index (χ1v) is 8.34. The third-order valence-corrected chi connectivity index (χ3v) is 4.01. The lowest BCUT2D eigenvalue weighted by molar-refractivity contribution is 0.0166. The molecule has 1 saturated heterocycles. The smallest absolute Gasteiger partial charge is 0.318 e. The molecule has 0 bridgehead atoms. The highest BCUT2D eigenvalue weighted by atomic mass is 16.5. The van der Waals surface area contributed by atoms with Gasteiger partial charge in [-0.05, 0) is 25.8 Å². The molecule has 1 unspecified atom stereocenters. The summed E-state index contributed by atoms with van der Waals surface area (Å²) in [5, 5.41) is 0. The van der Waals surface area contributed by atoms with Crippen molar-refractivity contribution in [3.63, 3.8) is 0 Å². The molecule has 0 radical (unpaired) electrons. The quantitative estimate of drug-likeness (QED) is 0.649. The molecule has 23 heavy (non-hydrogen) atoms. The van der Waals surface area contributed by atoms with Gasteiger partial charge in [-0.2, -0.15) is 4.98 Å². The molecule has 6 heteroatoms. The Balaban J connectivity index is 1.99. The number of anilines is 1. The highest BCUT2D eigenvalue weighted by Gasteiger charge is 2.19. The van der Waals surface area contributed by atoms with Crippen LogP contribution in [-0.4, -0.2) is 67.4 Å². The average Bonchev–Trinajstić information content (AvgIpc) is 2.60. The van der Waals surface area contributed by atoms with E-state index in [0.29, 0.717) is 6.01 Å². The number of hydrogen-bond donors (Lipinski definition) is 0. The zero-order chi connectivity index (χ0) is 16.5. The van der Waals surface area contributed by atoms with E-state index in [0.717, 1.165) is 58.1 Å². The van der Waals surface area contributed by atoms with E-state index in [-0.39, 0.29) is 6.10 Å². The summed E-state index contributed by atoms with van der Waals surface area (Å²) in [7, 11) is 2.01. The van der Waals surface area contributed by atoms with E-state index >= 15 is 0 Å². The Hall–Kier alpha value is -1.66. The molecule has 0 aromatic carbocycles. The highest BCUT2D eigenvalue weighted by molar-refractivity contribution is 5.36. The molecule has 1 aromatic heterocycles. The molecular weight excluding hydrogens is 292 g/mol. The zero-order valence-corrected chi connectivity index (χ0v) is 14.3. The second-order valence-corrected chi connectivity index (χ2v) is 5.73. The molecule has 0 amide bonds. The Morgan fingerprint density at radius 3 is 2.96 bits per heavy atom. The first-order chi connectivity index (χ1) is 11.2. The molecule has 1 aromatic rings. The number of allylic oxidation sites excluding steroid dienone is 1. The van der Waals surface area contributed by atoms with Crippen LogP contribution >= 0.6 is 0 Å². The van der Waals surface area contributed by atoms with Crippen molar-refractivity contribution in [2.45, 2.75) is 25.9 Å². The Kier molecular flexibility index (Phi) is 7.29. The van der Waals surface area contributed by atoms with Crippen LogP contribution in [0.1, 0.15) is 19.8 Å². The highest BCUT2D eigenvalue weighted by Crippen LogP contribution is 2.15. The van der Waals surface area contributed by atoms with Gasteiger partial charge in [-0.1, -0.05) is 6.08 Å². The fraction of sp³-hybridized carbons (Fsp3) is 0.647. The van der Waals surface area contributed by atoms with E-state index in [2.05, 4.69) is 33.3 Å². The predicted molar refractivity (Wildman–Crippen MR) is 92.1 cm³/mol. The fourth-order valence-electron chi connectivity index (χ4n) is 2.48. The van der Waals surface area contributed by atoms with Crippen molar-refractivity contribution in [2.75, 3.05) is 51.3 Å². The van der Waals surface area contributed by atoms with Gasteiger partial charge in [0.2, 0.25) is 0 Å². The largest absolute Gasteiger partial charge is 0.459 e. The minimum absolute atomic E-state index is 0.0632. The maximum absolute atomic E-state index is 6.08. The van der Waals surface area contributed by atoms with Gasteiger partial charge in [-0.15, -0.1) is 6.58 Å². The molecule has 1 aliphatic rings. The van der Waals surface area contributed by atoms with Gasteiger partial charge in [-0.25, -0.2) is 4.98 Å². The van der Waals surface area contributed by atoms with Gasteiger partial charge in [0.05, 0.1) is 13.2 Å². The lowest BCUT2D eigenvalue weighted by atomic mass is 10.2. The van der Waals surface area contributed by atoms with E-state index in [1.54, 1.807) is 6.20 Å². The van der Waals surface area contributed by atoms with Gasteiger partial charge < -0.3 is 14.4 Å². The molecule has 128 valence electrons. The van der Waals surface area contributed by atoms with E-state index in [9.17, 15) is 0 Å². The number of hydrogen-bond acceptors (Lipinski definition) is 6.